The van der Waals surface area contributed by atoms with Gasteiger partial charge < -0.3 is 4.74 Å². The minimum Gasteiger partial charge on any atom is -0.465 e. The summed E-state index contributed by atoms with van der Waals surface area (Å²) < 4.78 is 19.0. The first-order valence-corrected chi connectivity index (χ1v) is 7.94. The molecule has 0 aliphatic carbocycles. The molecule has 1 unspecified atom stereocenters. The van der Waals surface area contributed by atoms with E-state index in [9.17, 15) is 14.0 Å². The Kier molecular flexibility index (Phi) is 6.99. The Balaban J connectivity index is 2.89. The summed E-state index contributed by atoms with van der Waals surface area (Å²) in [6.07, 6.45) is 0.744. The van der Waals surface area contributed by atoms with Gasteiger partial charge in [0.25, 0.3) is 5.24 Å². The van der Waals surface area contributed by atoms with Crippen LogP contribution in [0.25, 0.3) is 0 Å². The highest BCUT2D eigenvalue weighted by atomic mass is 79.9. The maximum atomic E-state index is 13.5. The summed E-state index contributed by atoms with van der Waals surface area (Å²) in [5.74, 6) is -1.06. The summed E-state index contributed by atoms with van der Waals surface area (Å²) in [6, 6.07) is 2.48. The maximum absolute atomic E-state index is 13.5. The second kappa shape index (κ2) is 8.00. The van der Waals surface area contributed by atoms with Crippen LogP contribution in [0, 0.1) is 5.82 Å². The molecule has 0 radical (unpaired) electrons. The molecule has 0 bridgehead atoms. The molecule has 0 spiro atoms. The van der Waals surface area contributed by atoms with E-state index >= 15 is 0 Å². The van der Waals surface area contributed by atoms with Crippen LogP contribution in [0.4, 0.5) is 4.39 Å². The summed E-state index contributed by atoms with van der Waals surface area (Å²) in [5.41, 5.74) is -0.216. The molecule has 0 saturated carbocycles. The lowest BCUT2D eigenvalue weighted by molar-refractivity contribution is -0.142. The normalized spacial score (nSPS) is 12.1. The zero-order valence-electron chi connectivity index (χ0n) is 10.9. The fourth-order valence-corrected chi connectivity index (χ4v) is 2.97. The van der Waals surface area contributed by atoms with Gasteiger partial charge in [-0.3, -0.25) is 9.59 Å². The highest BCUT2D eigenvalue weighted by Crippen LogP contribution is 2.33. The molecule has 0 aliphatic rings. The predicted octanol–water partition coefficient (Wildman–Crippen LogP) is 4.40. The van der Waals surface area contributed by atoms with Crippen LogP contribution in [-0.2, 0) is 9.53 Å². The van der Waals surface area contributed by atoms with Gasteiger partial charge in [-0.1, -0.05) is 6.92 Å². The Bertz CT molecular complexity index is 525. The van der Waals surface area contributed by atoms with Gasteiger partial charge in [0.2, 0.25) is 0 Å². The van der Waals surface area contributed by atoms with Crippen LogP contribution in [0.3, 0.4) is 0 Å². The lowest BCUT2D eigenvalue weighted by atomic mass is 10.2. The average Bonchev–Trinajstić information content (AvgIpc) is 2.38. The van der Waals surface area contributed by atoms with E-state index < -0.39 is 16.3 Å². The average molecular weight is 384 g/mol. The van der Waals surface area contributed by atoms with Gasteiger partial charge in [-0.05, 0) is 53.0 Å². The zero-order valence-corrected chi connectivity index (χ0v) is 14.1. The molecular formula is C13H13BrClFO3S. The highest BCUT2D eigenvalue weighted by molar-refractivity contribution is 9.10. The van der Waals surface area contributed by atoms with Crippen molar-refractivity contribution < 1.29 is 18.7 Å². The molecule has 0 heterocycles. The zero-order chi connectivity index (χ0) is 15.3. The number of esters is 1. The van der Waals surface area contributed by atoms with E-state index in [1.807, 2.05) is 6.92 Å². The van der Waals surface area contributed by atoms with Crippen LogP contribution < -0.4 is 0 Å². The third-order valence-electron chi connectivity index (χ3n) is 2.32. The summed E-state index contributed by atoms with van der Waals surface area (Å²) >= 11 is 9.67. The third-order valence-corrected chi connectivity index (χ3v) is 4.58. The summed E-state index contributed by atoms with van der Waals surface area (Å²) in [5, 5.41) is -1.35. The summed E-state index contributed by atoms with van der Waals surface area (Å²) in [4.78, 5) is 23.3. The number of hydrogen-bond acceptors (Lipinski definition) is 4. The fraction of sp³-hybridized carbons (Fsp3) is 0.385. The van der Waals surface area contributed by atoms with Crippen LogP contribution in [0.15, 0.2) is 21.5 Å². The van der Waals surface area contributed by atoms with Gasteiger partial charge in [-0.2, -0.15) is 0 Å². The van der Waals surface area contributed by atoms with E-state index in [0.717, 1.165) is 12.5 Å². The smallest absolute Gasteiger partial charge is 0.319 e. The molecule has 7 heteroatoms. The van der Waals surface area contributed by atoms with Crippen molar-refractivity contribution in [2.24, 2.45) is 0 Å². The molecule has 0 aromatic heterocycles. The molecule has 1 aromatic carbocycles. The Morgan fingerprint density at radius 3 is 2.70 bits per heavy atom. The van der Waals surface area contributed by atoms with Crippen LogP contribution in [-0.4, -0.2) is 23.1 Å². The number of hydrogen-bond donors (Lipinski definition) is 0. The Hall–Kier alpha value is -0.590. The number of carbonyl (C=O) groups excluding carboxylic acids is 2. The van der Waals surface area contributed by atoms with Gasteiger partial charge in [0.15, 0.2) is 0 Å². The van der Waals surface area contributed by atoms with Gasteiger partial charge in [-0.25, -0.2) is 4.39 Å². The lowest BCUT2D eigenvalue weighted by Crippen LogP contribution is -2.17. The van der Waals surface area contributed by atoms with Crippen LogP contribution in [0.5, 0.6) is 0 Å². The van der Waals surface area contributed by atoms with Crippen LogP contribution >= 0.6 is 39.3 Å². The first kappa shape index (κ1) is 17.5. The topological polar surface area (TPSA) is 43.4 Å². The third kappa shape index (κ3) is 4.75. The number of carbonyl (C=O) groups is 2. The number of rotatable bonds is 6. The molecule has 3 nitrogen and oxygen atoms in total. The minimum atomic E-state index is -0.877. The summed E-state index contributed by atoms with van der Waals surface area (Å²) in [7, 11) is 0. The molecular weight excluding hydrogens is 371 g/mol. The van der Waals surface area contributed by atoms with Crippen molar-refractivity contribution in [1.82, 2.24) is 0 Å². The molecule has 0 N–H and O–H groups in total. The first-order valence-electron chi connectivity index (χ1n) is 5.89. The number of thioether (sulfide) groups is 1. The van der Waals surface area contributed by atoms with Gasteiger partial charge >= 0.3 is 5.97 Å². The van der Waals surface area contributed by atoms with Crippen molar-refractivity contribution >= 4 is 50.5 Å². The number of halogens is 3. The predicted molar refractivity (Wildman–Crippen MR) is 80.9 cm³/mol. The number of benzene rings is 1. The van der Waals surface area contributed by atoms with Crippen molar-refractivity contribution in [3.63, 3.8) is 0 Å². The van der Waals surface area contributed by atoms with E-state index in [0.29, 0.717) is 16.0 Å². The van der Waals surface area contributed by atoms with Gasteiger partial charge in [0.05, 0.1) is 12.2 Å². The minimum absolute atomic E-state index is 0.216. The molecule has 1 rings (SSSR count). The Labute approximate surface area is 134 Å². The molecule has 0 saturated heterocycles. The largest absolute Gasteiger partial charge is 0.465 e. The van der Waals surface area contributed by atoms with Crippen LogP contribution in [0.1, 0.15) is 30.6 Å². The standard InChI is InChI=1S/C13H13BrClFO3S/c1-3-4-19-13(18)7(2)20-11-5-8(12(15)17)10(16)6-9(11)14/h5-7H,3-4H2,1-2H3. The maximum Gasteiger partial charge on any atom is 0.319 e. The molecule has 110 valence electrons. The molecule has 1 atom stereocenters. The molecule has 0 amide bonds. The van der Waals surface area contributed by atoms with Crippen molar-refractivity contribution in [2.75, 3.05) is 6.61 Å². The van der Waals surface area contributed by atoms with Gasteiger partial charge in [0.1, 0.15) is 11.1 Å². The number of ether oxygens (including phenoxy) is 1. The fourth-order valence-electron chi connectivity index (χ4n) is 1.33. The molecule has 20 heavy (non-hydrogen) atoms. The van der Waals surface area contributed by atoms with Crippen molar-refractivity contribution in [1.29, 1.82) is 0 Å². The first-order chi connectivity index (χ1) is 9.36. The van der Waals surface area contributed by atoms with Crippen molar-refractivity contribution in [3.8, 4) is 0 Å². The quantitative estimate of drug-likeness (QED) is 0.415. The van der Waals surface area contributed by atoms with Gasteiger partial charge in [0, 0.05) is 9.37 Å². The lowest BCUT2D eigenvalue weighted by Gasteiger charge is -2.12. The Morgan fingerprint density at radius 1 is 1.50 bits per heavy atom. The van der Waals surface area contributed by atoms with E-state index in [1.165, 1.54) is 17.8 Å². The van der Waals surface area contributed by atoms with Crippen molar-refractivity contribution in [3.05, 3.63) is 28.0 Å². The SMILES string of the molecule is CCCOC(=O)C(C)Sc1cc(C(=O)Cl)c(F)cc1Br. The van der Waals surface area contributed by atoms with Crippen LogP contribution in [0.2, 0.25) is 0 Å². The van der Waals surface area contributed by atoms with Crippen molar-refractivity contribution in [2.45, 2.75) is 30.4 Å². The second-order valence-corrected chi connectivity index (χ2v) is 6.54. The molecule has 1 aromatic rings. The van der Waals surface area contributed by atoms with E-state index in [1.54, 1.807) is 6.92 Å². The van der Waals surface area contributed by atoms with E-state index in [-0.39, 0.29) is 11.5 Å². The Morgan fingerprint density at radius 2 is 2.15 bits per heavy atom. The van der Waals surface area contributed by atoms with Gasteiger partial charge in [-0.15, -0.1) is 11.8 Å². The van der Waals surface area contributed by atoms with E-state index in [4.69, 9.17) is 16.3 Å². The summed E-state index contributed by atoms with van der Waals surface area (Å²) in [6.45, 7) is 3.94. The van der Waals surface area contributed by atoms with E-state index in [2.05, 4.69) is 15.9 Å². The molecule has 0 fully saturated rings. The molecule has 0 aliphatic heterocycles. The monoisotopic (exact) mass is 382 g/mol. The highest BCUT2D eigenvalue weighted by Gasteiger charge is 2.20. The second-order valence-electron chi connectivity index (χ2n) is 3.96.